The molecule has 0 spiro atoms. The zero-order chi connectivity index (χ0) is 13.7. The van der Waals surface area contributed by atoms with Gasteiger partial charge in [-0.25, -0.2) is 0 Å². The molecule has 1 aliphatic rings. The Balaban J connectivity index is 1.88. The highest BCUT2D eigenvalue weighted by Crippen LogP contribution is 2.22. The third kappa shape index (κ3) is 4.51. The van der Waals surface area contributed by atoms with Gasteiger partial charge in [0.25, 0.3) is 0 Å². The highest BCUT2D eigenvalue weighted by atomic mass is 16.5. The quantitative estimate of drug-likeness (QED) is 0.729. The fourth-order valence-corrected chi connectivity index (χ4v) is 2.23. The third-order valence-electron chi connectivity index (χ3n) is 3.77. The number of hydrogen-bond acceptors (Lipinski definition) is 3. The van der Waals surface area contributed by atoms with E-state index in [9.17, 15) is 0 Å². The summed E-state index contributed by atoms with van der Waals surface area (Å²) >= 11 is 0. The lowest BCUT2D eigenvalue weighted by Crippen LogP contribution is -2.20. The smallest absolute Gasteiger partial charge is 0.0479 e. The maximum absolute atomic E-state index is 5.10. The van der Waals surface area contributed by atoms with Gasteiger partial charge in [-0.3, -0.25) is 0 Å². The van der Waals surface area contributed by atoms with Crippen molar-refractivity contribution in [1.29, 1.82) is 0 Å². The first-order chi connectivity index (χ1) is 9.20. The summed E-state index contributed by atoms with van der Waals surface area (Å²) in [6.45, 7) is 5.07. The van der Waals surface area contributed by atoms with Crippen molar-refractivity contribution in [2.24, 2.45) is 0 Å². The number of benzene rings is 1. The maximum atomic E-state index is 5.10. The van der Waals surface area contributed by atoms with E-state index in [1.807, 2.05) is 0 Å². The first-order valence-corrected chi connectivity index (χ1v) is 7.23. The van der Waals surface area contributed by atoms with E-state index < -0.39 is 0 Å². The molecule has 3 nitrogen and oxygen atoms in total. The van der Waals surface area contributed by atoms with E-state index in [1.54, 1.807) is 7.11 Å². The molecule has 1 fully saturated rings. The summed E-state index contributed by atoms with van der Waals surface area (Å²) in [5, 5.41) is 3.57. The second kappa shape index (κ2) is 6.92. The van der Waals surface area contributed by atoms with Gasteiger partial charge in [0.2, 0.25) is 0 Å². The monoisotopic (exact) mass is 262 g/mol. The molecule has 0 heterocycles. The Morgan fingerprint density at radius 1 is 1.37 bits per heavy atom. The largest absolute Gasteiger partial charge is 0.385 e. The van der Waals surface area contributed by atoms with Crippen LogP contribution in [0.4, 0.5) is 5.69 Å². The van der Waals surface area contributed by atoms with Gasteiger partial charge in [0, 0.05) is 45.6 Å². The topological polar surface area (TPSA) is 24.5 Å². The summed E-state index contributed by atoms with van der Waals surface area (Å²) in [5.41, 5.74) is 4.09. The van der Waals surface area contributed by atoms with Crippen LogP contribution in [0, 0.1) is 6.92 Å². The van der Waals surface area contributed by atoms with Crippen molar-refractivity contribution in [2.75, 3.05) is 32.2 Å². The SMILES string of the molecule is COCCCN(C)c1ccc(CNC2CC2)c(C)c1. The third-order valence-corrected chi connectivity index (χ3v) is 3.77. The summed E-state index contributed by atoms with van der Waals surface area (Å²) in [5.74, 6) is 0. The van der Waals surface area contributed by atoms with E-state index in [0.29, 0.717) is 0 Å². The minimum atomic E-state index is 0.774. The normalized spacial score (nSPS) is 14.7. The number of nitrogens with one attached hydrogen (secondary N) is 1. The summed E-state index contributed by atoms with van der Waals surface area (Å²) in [6, 6.07) is 7.55. The summed E-state index contributed by atoms with van der Waals surface area (Å²) < 4.78 is 5.10. The highest BCUT2D eigenvalue weighted by molar-refractivity contribution is 5.50. The number of anilines is 1. The van der Waals surface area contributed by atoms with Crippen LogP contribution in [0.25, 0.3) is 0 Å². The van der Waals surface area contributed by atoms with E-state index >= 15 is 0 Å². The molecule has 1 N–H and O–H groups in total. The molecule has 0 aromatic heterocycles. The molecule has 2 rings (SSSR count). The lowest BCUT2D eigenvalue weighted by Gasteiger charge is -2.20. The first kappa shape index (κ1) is 14.4. The highest BCUT2D eigenvalue weighted by Gasteiger charge is 2.20. The van der Waals surface area contributed by atoms with Crippen molar-refractivity contribution in [3.63, 3.8) is 0 Å². The minimum Gasteiger partial charge on any atom is -0.385 e. The van der Waals surface area contributed by atoms with Crippen LogP contribution >= 0.6 is 0 Å². The van der Waals surface area contributed by atoms with Crippen molar-refractivity contribution in [1.82, 2.24) is 5.32 Å². The molecule has 1 aliphatic carbocycles. The Kier molecular flexibility index (Phi) is 5.23. The molecule has 3 heteroatoms. The van der Waals surface area contributed by atoms with Crippen LogP contribution in [-0.4, -0.2) is 33.4 Å². The zero-order valence-corrected chi connectivity index (χ0v) is 12.4. The molecular weight excluding hydrogens is 236 g/mol. The van der Waals surface area contributed by atoms with E-state index in [4.69, 9.17) is 4.74 Å². The van der Waals surface area contributed by atoms with Crippen LogP contribution in [0.3, 0.4) is 0 Å². The molecule has 0 amide bonds. The first-order valence-electron chi connectivity index (χ1n) is 7.23. The van der Waals surface area contributed by atoms with Crippen molar-refractivity contribution in [3.05, 3.63) is 29.3 Å². The molecule has 19 heavy (non-hydrogen) atoms. The molecule has 0 bridgehead atoms. The van der Waals surface area contributed by atoms with Crippen molar-refractivity contribution in [2.45, 2.75) is 38.8 Å². The van der Waals surface area contributed by atoms with E-state index in [2.05, 4.69) is 42.4 Å². The lowest BCUT2D eigenvalue weighted by molar-refractivity contribution is 0.196. The van der Waals surface area contributed by atoms with Crippen LogP contribution < -0.4 is 10.2 Å². The second-order valence-corrected chi connectivity index (χ2v) is 5.53. The maximum Gasteiger partial charge on any atom is 0.0479 e. The number of rotatable bonds is 8. The minimum absolute atomic E-state index is 0.774. The average molecular weight is 262 g/mol. The van der Waals surface area contributed by atoms with E-state index in [1.165, 1.54) is 29.7 Å². The standard InChI is InChI=1S/C16H26N2O/c1-13-11-16(18(2)9-4-10-19-3)8-5-14(13)12-17-15-6-7-15/h5,8,11,15,17H,4,6-7,9-10,12H2,1-3H3. The molecule has 106 valence electrons. The van der Waals surface area contributed by atoms with Crippen LogP contribution in [-0.2, 0) is 11.3 Å². The van der Waals surface area contributed by atoms with Gasteiger partial charge in [-0.1, -0.05) is 6.07 Å². The molecular formula is C16H26N2O. The molecule has 0 radical (unpaired) electrons. The fraction of sp³-hybridized carbons (Fsp3) is 0.625. The lowest BCUT2D eigenvalue weighted by atomic mass is 10.1. The average Bonchev–Trinajstić information content (AvgIpc) is 3.21. The van der Waals surface area contributed by atoms with Gasteiger partial charge in [0.1, 0.15) is 0 Å². The number of aryl methyl sites for hydroxylation is 1. The number of ether oxygens (including phenoxy) is 1. The fourth-order valence-electron chi connectivity index (χ4n) is 2.23. The van der Waals surface area contributed by atoms with Crippen LogP contribution in [0.15, 0.2) is 18.2 Å². The van der Waals surface area contributed by atoms with Crippen LogP contribution in [0.5, 0.6) is 0 Å². The van der Waals surface area contributed by atoms with Gasteiger partial charge >= 0.3 is 0 Å². The molecule has 0 unspecified atom stereocenters. The Bertz CT molecular complexity index is 402. The molecule has 1 aromatic carbocycles. The molecule has 0 aliphatic heterocycles. The Hall–Kier alpha value is -1.06. The summed E-state index contributed by atoms with van der Waals surface area (Å²) in [6.07, 6.45) is 3.76. The Morgan fingerprint density at radius 3 is 2.79 bits per heavy atom. The summed E-state index contributed by atoms with van der Waals surface area (Å²) in [7, 11) is 3.90. The number of hydrogen-bond donors (Lipinski definition) is 1. The van der Waals surface area contributed by atoms with Gasteiger partial charge < -0.3 is 15.0 Å². The second-order valence-electron chi connectivity index (χ2n) is 5.53. The Morgan fingerprint density at radius 2 is 2.16 bits per heavy atom. The van der Waals surface area contributed by atoms with Gasteiger partial charge in [-0.15, -0.1) is 0 Å². The Labute approximate surface area is 116 Å². The molecule has 0 atom stereocenters. The number of methoxy groups -OCH3 is 1. The van der Waals surface area contributed by atoms with Crippen LogP contribution in [0.2, 0.25) is 0 Å². The van der Waals surface area contributed by atoms with Gasteiger partial charge in [-0.05, 0) is 49.4 Å². The predicted octanol–water partition coefficient (Wildman–Crippen LogP) is 2.72. The van der Waals surface area contributed by atoms with Crippen molar-refractivity contribution >= 4 is 5.69 Å². The predicted molar refractivity (Wildman–Crippen MR) is 80.8 cm³/mol. The number of nitrogens with zero attached hydrogens (tertiary/aromatic N) is 1. The van der Waals surface area contributed by atoms with E-state index in [0.717, 1.165) is 32.2 Å². The molecule has 1 aromatic rings. The summed E-state index contributed by atoms with van der Waals surface area (Å²) in [4.78, 5) is 2.30. The van der Waals surface area contributed by atoms with Gasteiger partial charge in [0.15, 0.2) is 0 Å². The zero-order valence-electron chi connectivity index (χ0n) is 12.4. The van der Waals surface area contributed by atoms with Gasteiger partial charge in [0.05, 0.1) is 0 Å². The molecule has 1 saturated carbocycles. The van der Waals surface area contributed by atoms with E-state index in [-0.39, 0.29) is 0 Å². The van der Waals surface area contributed by atoms with Gasteiger partial charge in [-0.2, -0.15) is 0 Å². The van der Waals surface area contributed by atoms with Crippen molar-refractivity contribution < 1.29 is 4.74 Å². The van der Waals surface area contributed by atoms with Crippen molar-refractivity contribution in [3.8, 4) is 0 Å². The molecule has 0 saturated heterocycles. The van der Waals surface area contributed by atoms with Crippen LogP contribution in [0.1, 0.15) is 30.4 Å².